The van der Waals surface area contributed by atoms with Crippen molar-refractivity contribution < 1.29 is 22.8 Å². The molecule has 6 nitrogen and oxygen atoms in total. The standard InChI is InChI=1S/C23H21F3N4O2/c24-23(25,26)17-7-4-8-18(13-17)30-20(15-9-10-15)19(14-29-30)22(32)28-12-11-27-21(31)16-5-2-1-3-6-16/h1-8,13-15H,9-12H2,(H,27,31)(H,28,32). The number of halogens is 3. The SMILES string of the molecule is O=C(NCCNC(=O)c1cnn(-c2cccc(C(F)(F)F)c2)c1C1CC1)c1ccccc1. The minimum Gasteiger partial charge on any atom is -0.350 e. The van der Waals surface area contributed by atoms with E-state index in [9.17, 15) is 22.8 Å². The van der Waals surface area contributed by atoms with Crippen LogP contribution in [0.5, 0.6) is 0 Å². The van der Waals surface area contributed by atoms with E-state index in [1.807, 2.05) is 6.07 Å². The highest BCUT2D eigenvalue weighted by atomic mass is 19.4. The van der Waals surface area contributed by atoms with Gasteiger partial charge in [0.15, 0.2) is 0 Å². The van der Waals surface area contributed by atoms with Crippen molar-refractivity contribution in [2.45, 2.75) is 24.9 Å². The number of rotatable bonds is 7. The maximum Gasteiger partial charge on any atom is 0.416 e. The average molecular weight is 442 g/mol. The Hall–Kier alpha value is -3.62. The Bertz CT molecular complexity index is 1120. The first-order valence-electron chi connectivity index (χ1n) is 10.2. The second kappa shape index (κ2) is 8.86. The lowest BCUT2D eigenvalue weighted by Crippen LogP contribution is -2.34. The highest BCUT2D eigenvalue weighted by molar-refractivity contribution is 5.96. The zero-order chi connectivity index (χ0) is 22.7. The molecule has 0 aliphatic heterocycles. The van der Waals surface area contributed by atoms with Crippen LogP contribution >= 0.6 is 0 Å². The van der Waals surface area contributed by atoms with E-state index in [1.165, 1.54) is 23.0 Å². The molecule has 3 aromatic rings. The number of alkyl halides is 3. The van der Waals surface area contributed by atoms with Gasteiger partial charge in [0.25, 0.3) is 11.8 Å². The van der Waals surface area contributed by atoms with E-state index >= 15 is 0 Å². The Labute approximate surface area is 182 Å². The monoisotopic (exact) mass is 442 g/mol. The molecule has 0 bridgehead atoms. The summed E-state index contributed by atoms with van der Waals surface area (Å²) in [4.78, 5) is 24.8. The zero-order valence-corrected chi connectivity index (χ0v) is 17.0. The second-order valence-electron chi connectivity index (χ2n) is 7.56. The number of carbonyl (C=O) groups is 2. The van der Waals surface area contributed by atoms with Gasteiger partial charge in [-0.2, -0.15) is 18.3 Å². The smallest absolute Gasteiger partial charge is 0.350 e. The first-order valence-corrected chi connectivity index (χ1v) is 10.2. The summed E-state index contributed by atoms with van der Waals surface area (Å²) >= 11 is 0. The summed E-state index contributed by atoms with van der Waals surface area (Å²) < 4.78 is 40.7. The molecule has 0 spiro atoms. The van der Waals surface area contributed by atoms with Gasteiger partial charge < -0.3 is 10.6 Å². The number of nitrogens with one attached hydrogen (secondary N) is 2. The van der Waals surface area contributed by atoms with E-state index in [4.69, 9.17) is 0 Å². The fraction of sp³-hybridized carbons (Fsp3) is 0.261. The van der Waals surface area contributed by atoms with Crippen LogP contribution in [0.4, 0.5) is 13.2 Å². The summed E-state index contributed by atoms with van der Waals surface area (Å²) in [5.74, 6) is -0.541. The van der Waals surface area contributed by atoms with Crippen molar-refractivity contribution in [3.63, 3.8) is 0 Å². The summed E-state index contributed by atoms with van der Waals surface area (Å²) in [6.45, 7) is 0.441. The number of aromatic nitrogens is 2. The van der Waals surface area contributed by atoms with Crippen LogP contribution in [-0.4, -0.2) is 34.7 Å². The number of carbonyl (C=O) groups excluding carboxylic acids is 2. The third-order valence-corrected chi connectivity index (χ3v) is 5.17. The zero-order valence-electron chi connectivity index (χ0n) is 17.0. The van der Waals surface area contributed by atoms with Crippen molar-refractivity contribution in [3.8, 4) is 5.69 Å². The molecular formula is C23H21F3N4O2. The van der Waals surface area contributed by atoms with E-state index < -0.39 is 11.7 Å². The van der Waals surface area contributed by atoms with Crippen molar-refractivity contribution >= 4 is 11.8 Å². The Morgan fingerprint density at radius 2 is 1.66 bits per heavy atom. The molecule has 2 amide bonds. The Morgan fingerprint density at radius 1 is 0.969 bits per heavy atom. The molecular weight excluding hydrogens is 421 g/mol. The second-order valence-corrected chi connectivity index (χ2v) is 7.56. The van der Waals surface area contributed by atoms with Gasteiger partial charge in [0.1, 0.15) is 0 Å². The molecule has 0 atom stereocenters. The number of nitrogens with zero attached hydrogens (tertiary/aromatic N) is 2. The first kappa shape index (κ1) is 21.6. The van der Waals surface area contributed by atoms with Crippen LogP contribution in [0.25, 0.3) is 5.69 Å². The lowest BCUT2D eigenvalue weighted by molar-refractivity contribution is -0.137. The van der Waals surface area contributed by atoms with Gasteiger partial charge >= 0.3 is 6.18 Å². The Morgan fingerprint density at radius 3 is 2.31 bits per heavy atom. The van der Waals surface area contributed by atoms with Gasteiger partial charge in [-0.1, -0.05) is 24.3 Å². The third kappa shape index (κ3) is 4.82. The molecule has 1 fully saturated rings. The van der Waals surface area contributed by atoms with Crippen molar-refractivity contribution in [2.75, 3.05) is 13.1 Å². The highest BCUT2D eigenvalue weighted by Gasteiger charge is 2.34. The van der Waals surface area contributed by atoms with E-state index in [1.54, 1.807) is 24.3 Å². The third-order valence-electron chi connectivity index (χ3n) is 5.17. The molecule has 0 saturated heterocycles. The molecule has 0 unspecified atom stereocenters. The fourth-order valence-corrected chi connectivity index (χ4v) is 3.44. The first-order chi connectivity index (χ1) is 15.3. The molecule has 1 aliphatic rings. The molecule has 1 aromatic heterocycles. The fourth-order valence-electron chi connectivity index (χ4n) is 3.44. The molecule has 0 radical (unpaired) electrons. The van der Waals surface area contributed by atoms with E-state index in [2.05, 4.69) is 15.7 Å². The molecule has 32 heavy (non-hydrogen) atoms. The number of hydrogen-bond acceptors (Lipinski definition) is 3. The van der Waals surface area contributed by atoms with Gasteiger partial charge in [-0.15, -0.1) is 0 Å². The van der Waals surface area contributed by atoms with Gasteiger partial charge in [0.05, 0.1) is 28.7 Å². The summed E-state index contributed by atoms with van der Waals surface area (Å²) in [7, 11) is 0. The normalized spacial score (nSPS) is 13.6. The van der Waals surface area contributed by atoms with Gasteiger partial charge in [-0.3, -0.25) is 9.59 Å². The molecule has 2 N–H and O–H groups in total. The number of hydrogen-bond donors (Lipinski definition) is 2. The highest BCUT2D eigenvalue weighted by Crippen LogP contribution is 2.42. The maximum atomic E-state index is 13.1. The minimum absolute atomic E-state index is 0.0746. The van der Waals surface area contributed by atoms with Gasteiger partial charge in [-0.05, 0) is 43.2 Å². The summed E-state index contributed by atoms with van der Waals surface area (Å²) in [6.07, 6.45) is -1.39. The van der Waals surface area contributed by atoms with Crippen LogP contribution in [0.2, 0.25) is 0 Å². The minimum atomic E-state index is -4.46. The van der Waals surface area contributed by atoms with Crippen LogP contribution in [0.1, 0.15) is 50.7 Å². The predicted octanol–water partition coefficient (Wildman–Crippen LogP) is 3.93. The molecule has 1 saturated carbocycles. The molecule has 1 heterocycles. The van der Waals surface area contributed by atoms with Gasteiger partial charge in [0, 0.05) is 24.6 Å². The lowest BCUT2D eigenvalue weighted by Gasteiger charge is -2.12. The van der Waals surface area contributed by atoms with E-state index in [0.717, 1.165) is 25.0 Å². The number of amides is 2. The van der Waals surface area contributed by atoms with Crippen LogP contribution in [0.3, 0.4) is 0 Å². The molecule has 9 heteroatoms. The molecule has 1 aliphatic carbocycles. The molecule has 166 valence electrons. The number of benzene rings is 2. The topological polar surface area (TPSA) is 76.0 Å². The average Bonchev–Trinajstić information content (AvgIpc) is 3.54. The Kier molecular flexibility index (Phi) is 5.98. The van der Waals surface area contributed by atoms with Gasteiger partial charge in [0.2, 0.25) is 0 Å². The van der Waals surface area contributed by atoms with E-state index in [-0.39, 0.29) is 36.5 Å². The lowest BCUT2D eigenvalue weighted by atomic mass is 10.1. The van der Waals surface area contributed by atoms with Crippen molar-refractivity contribution in [2.24, 2.45) is 0 Å². The van der Waals surface area contributed by atoms with E-state index in [0.29, 0.717) is 16.8 Å². The van der Waals surface area contributed by atoms with Crippen molar-refractivity contribution in [3.05, 3.63) is 83.2 Å². The van der Waals surface area contributed by atoms with Crippen LogP contribution in [-0.2, 0) is 6.18 Å². The maximum absolute atomic E-state index is 13.1. The molecule has 4 rings (SSSR count). The van der Waals surface area contributed by atoms with Crippen LogP contribution in [0.15, 0.2) is 60.8 Å². The summed E-state index contributed by atoms with van der Waals surface area (Å²) in [6, 6.07) is 13.6. The quantitative estimate of drug-likeness (QED) is 0.545. The van der Waals surface area contributed by atoms with Crippen molar-refractivity contribution in [1.82, 2.24) is 20.4 Å². The van der Waals surface area contributed by atoms with Crippen LogP contribution < -0.4 is 10.6 Å². The van der Waals surface area contributed by atoms with Gasteiger partial charge in [-0.25, -0.2) is 4.68 Å². The molecule has 2 aromatic carbocycles. The van der Waals surface area contributed by atoms with Crippen LogP contribution in [0, 0.1) is 0 Å². The summed E-state index contributed by atoms with van der Waals surface area (Å²) in [5, 5.41) is 9.67. The van der Waals surface area contributed by atoms with Crippen molar-refractivity contribution in [1.29, 1.82) is 0 Å². The predicted molar refractivity (Wildman–Crippen MR) is 112 cm³/mol. The summed E-state index contributed by atoms with van der Waals surface area (Å²) in [5.41, 5.74) is 0.954. The Balaban J connectivity index is 1.44. The largest absolute Gasteiger partial charge is 0.416 e.